The molecule has 0 unspecified atom stereocenters. The van der Waals surface area contributed by atoms with Crippen LogP contribution in [0.2, 0.25) is 0 Å². The lowest BCUT2D eigenvalue weighted by atomic mass is 10.1. The number of carbonyl (C=O) groups is 1. The van der Waals surface area contributed by atoms with Crippen LogP contribution in [0.4, 0.5) is 4.39 Å². The van der Waals surface area contributed by atoms with Crippen LogP contribution in [0.3, 0.4) is 0 Å². The second-order valence-corrected chi connectivity index (χ2v) is 10.9. The summed E-state index contributed by atoms with van der Waals surface area (Å²) in [5.74, 6) is -0.472. The minimum atomic E-state index is -2.65. The van der Waals surface area contributed by atoms with E-state index >= 15 is 0 Å². The van der Waals surface area contributed by atoms with E-state index in [1.54, 1.807) is 28.6 Å². The summed E-state index contributed by atoms with van der Waals surface area (Å²) in [6.07, 6.45) is 1.13. The summed E-state index contributed by atoms with van der Waals surface area (Å²) >= 11 is 3.45. The van der Waals surface area contributed by atoms with E-state index in [1.165, 1.54) is 12.1 Å². The van der Waals surface area contributed by atoms with E-state index in [2.05, 4.69) is 20.7 Å². The molecule has 39 heavy (non-hydrogen) atoms. The van der Waals surface area contributed by atoms with E-state index in [9.17, 15) is 17.6 Å². The monoisotopic (exact) mass is 612 g/mol. The van der Waals surface area contributed by atoms with Crippen molar-refractivity contribution in [3.05, 3.63) is 106 Å². The van der Waals surface area contributed by atoms with Crippen LogP contribution in [0, 0.1) is 5.82 Å². The van der Waals surface area contributed by atoms with Crippen molar-refractivity contribution in [2.45, 2.75) is 32.2 Å². The molecular weight excluding hydrogens is 587 g/mol. The van der Waals surface area contributed by atoms with Crippen molar-refractivity contribution in [2.75, 3.05) is 6.54 Å². The third-order valence-corrected chi connectivity index (χ3v) is 7.49. The summed E-state index contributed by atoms with van der Waals surface area (Å²) in [6.45, 7) is 2.37. The molecule has 1 aliphatic heterocycles. The number of hydrogen-bond acceptors (Lipinski definition) is 5. The zero-order valence-electron chi connectivity index (χ0n) is 21.0. The van der Waals surface area contributed by atoms with Crippen molar-refractivity contribution < 1.29 is 22.3 Å². The van der Waals surface area contributed by atoms with Crippen LogP contribution in [0.5, 0.6) is 0 Å². The fraction of sp³-hybridized carbons (Fsp3) is 0.214. The molecule has 5 rings (SSSR count). The number of thiol groups is 1. The SMILES string of the molecule is C[C@@H]1O[C@@H](c2cn(-c3ccc(Br)cc3)nc2-c2ccc(F)cc2)N(CCc2ccc(CN[SH](=O)=O)cc2)C1=O. The number of hydrogen-bond donors (Lipinski definition) is 2. The predicted octanol–water partition coefficient (Wildman–Crippen LogP) is 4.55. The van der Waals surface area contributed by atoms with Gasteiger partial charge in [0.2, 0.25) is 10.9 Å². The molecule has 0 saturated carbocycles. The van der Waals surface area contributed by atoms with Crippen molar-refractivity contribution >= 4 is 32.7 Å². The Hall–Kier alpha value is -3.38. The van der Waals surface area contributed by atoms with Gasteiger partial charge in [0.1, 0.15) is 17.6 Å². The van der Waals surface area contributed by atoms with E-state index in [0.29, 0.717) is 29.8 Å². The highest BCUT2D eigenvalue weighted by atomic mass is 79.9. The fourth-order valence-electron chi connectivity index (χ4n) is 4.50. The van der Waals surface area contributed by atoms with Gasteiger partial charge in [-0.05, 0) is 73.0 Å². The quantitative estimate of drug-likeness (QED) is 0.271. The maximum atomic E-state index is 13.7. The highest BCUT2D eigenvalue weighted by Gasteiger charge is 2.40. The Bertz CT molecular complexity index is 1530. The molecule has 8 nitrogen and oxygen atoms in total. The number of amides is 1. The van der Waals surface area contributed by atoms with Crippen LogP contribution >= 0.6 is 15.9 Å². The number of halogens is 2. The Morgan fingerprint density at radius 1 is 1.00 bits per heavy atom. The summed E-state index contributed by atoms with van der Waals surface area (Å²) in [7, 11) is -2.65. The van der Waals surface area contributed by atoms with Gasteiger partial charge >= 0.3 is 0 Å². The predicted molar refractivity (Wildman–Crippen MR) is 149 cm³/mol. The number of ether oxygens (including phenoxy) is 1. The van der Waals surface area contributed by atoms with E-state index < -0.39 is 23.2 Å². The Labute approximate surface area is 235 Å². The van der Waals surface area contributed by atoms with Gasteiger partial charge in [0.25, 0.3) is 5.91 Å². The summed E-state index contributed by atoms with van der Waals surface area (Å²) in [6, 6.07) is 21.3. The molecule has 202 valence electrons. The van der Waals surface area contributed by atoms with Crippen molar-refractivity contribution in [3.8, 4) is 16.9 Å². The number of carbonyl (C=O) groups excluding carboxylic acids is 1. The van der Waals surface area contributed by atoms with Gasteiger partial charge in [0, 0.05) is 34.9 Å². The lowest BCUT2D eigenvalue weighted by Crippen LogP contribution is -2.32. The number of nitrogens with one attached hydrogen (secondary N) is 1. The van der Waals surface area contributed by atoms with Crippen LogP contribution in [0.15, 0.2) is 83.5 Å². The zero-order valence-corrected chi connectivity index (χ0v) is 23.4. The Kier molecular flexibility index (Phi) is 8.22. The molecule has 1 N–H and O–H groups in total. The molecule has 2 atom stereocenters. The van der Waals surface area contributed by atoms with Gasteiger partial charge < -0.3 is 9.64 Å². The summed E-state index contributed by atoms with van der Waals surface area (Å²) in [5.41, 5.74) is 4.68. The number of aromatic nitrogens is 2. The van der Waals surface area contributed by atoms with Crippen molar-refractivity contribution in [1.82, 2.24) is 19.4 Å². The molecule has 1 saturated heterocycles. The average molecular weight is 614 g/mol. The maximum Gasteiger partial charge on any atom is 0.253 e. The van der Waals surface area contributed by atoms with Gasteiger partial charge in [0.15, 0.2) is 6.23 Å². The van der Waals surface area contributed by atoms with E-state index in [0.717, 1.165) is 21.3 Å². The first-order valence-corrected chi connectivity index (χ1v) is 14.3. The molecule has 0 radical (unpaired) electrons. The minimum Gasteiger partial charge on any atom is -0.341 e. The van der Waals surface area contributed by atoms with Crippen LogP contribution in [0.1, 0.15) is 29.8 Å². The van der Waals surface area contributed by atoms with Crippen molar-refractivity contribution in [2.24, 2.45) is 0 Å². The number of rotatable bonds is 9. The molecule has 11 heteroatoms. The average Bonchev–Trinajstić information content (AvgIpc) is 3.49. The normalized spacial score (nSPS) is 17.3. The minimum absolute atomic E-state index is 0.124. The highest BCUT2D eigenvalue weighted by molar-refractivity contribution is 9.10. The first-order chi connectivity index (χ1) is 18.8. The zero-order chi connectivity index (χ0) is 27.5. The molecule has 0 aliphatic carbocycles. The van der Waals surface area contributed by atoms with Crippen LogP contribution < -0.4 is 4.72 Å². The third-order valence-electron chi connectivity index (χ3n) is 6.54. The van der Waals surface area contributed by atoms with Crippen LogP contribution in [-0.4, -0.2) is 41.7 Å². The van der Waals surface area contributed by atoms with Gasteiger partial charge in [-0.3, -0.25) is 4.79 Å². The first-order valence-electron chi connectivity index (χ1n) is 12.3. The second kappa shape index (κ2) is 11.8. The molecule has 0 spiro atoms. The fourth-order valence-corrected chi connectivity index (χ4v) is 5.07. The van der Waals surface area contributed by atoms with E-state index in [4.69, 9.17) is 9.84 Å². The third kappa shape index (κ3) is 6.27. The lowest BCUT2D eigenvalue weighted by Gasteiger charge is -2.23. The van der Waals surface area contributed by atoms with E-state index in [1.807, 2.05) is 54.7 Å². The molecule has 0 bridgehead atoms. The van der Waals surface area contributed by atoms with Crippen molar-refractivity contribution in [1.29, 1.82) is 0 Å². The summed E-state index contributed by atoms with van der Waals surface area (Å²) < 4.78 is 46.5. The standard InChI is InChI=1S/C28H26BrFN4O4S/c1-18-27(35)33(15-14-19-2-4-20(5-3-19)16-31-39(36)37)28(38-18)25-17-34(24-12-8-22(29)9-13-24)32-26(25)21-6-10-23(30)11-7-21/h2-13,17-18,28,39H,14-16H2,1H3,(H,31,36,37)/t18-,28-/m0/s1. The van der Waals surface area contributed by atoms with Gasteiger partial charge in [-0.2, -0.15) is 5.10 Å². The first kappa shape index (κ1) is 27.2. The molecule has 2 heterocycles. The Morgan fingerprint density at radius 2 is 1.67 bits per heavy atom. The number of benzene rings is 3. The largest absolute Gasteiger partial charge is 0.341 e. The Balaban J connectivity index is 1.44. The summed E-state index contributed by atoms with van der Waals surface area (Å²) in [5, 5.41) is 4.81. The van der Waals surface area contributed by atoms with Crippen LogP contribution in [-0.2, 0) is 33.4 Å². The molecule has 4 aromatic rings. The van der Waals surface area contributed by atoms with Gasteiger partial charge in [-0.25, -0.2) is 22.2 Å². The molecule has 3 aromatic carbocycles. The second-order valence-electron chi connectivity index (χ2n) is 9.18. The molecule has 1 amide bonds. The van der Waals surface area contributed by atoms with Crippen molar-refractivity contribution in [3.63, 3.8) is 0 Å². The van der Waals surface area contributed by atoms with Gasteiger partial charge in [-0.1, -0.05) is 40.2 Å². The van der Waals surface area contributed by atoms with Crippen LogP contribution in [0.25, 0.3) is 16.9 Å². The molecular formula is C28H26BrFN4O4S. The summed E-state index contributed by atoms with van der Waals surface area (Å²) in [4.78, 5) is 14.9. The maximum absolute atomic E-state index is 13.7. The van der Waals surface area contributed by atoms with Gasteiger partial charge in [-0.15, -0.1) is 0 Å². The Morgan fingerprint density at radius 3 is 2.33 bits per heavy atom. The lowest BCUT2D eigenvalue weighted by molar-refractivity contribution is -0.130. The molecule has 1 aliphatic rings. The smallest absolute Gasteiger partial charge is 0.253 e. The topological polar surface area (TPSA) is 93.5 Å². The molecule has 1 fully saturated rings. The van der Waals surface area contributed by atoms with Gasteiger partial charge in [0.05, 0.1) is 5.69 Å². The highest BCUT2D eigenvalue weighted by Crippen LogP contribution is 2.37. The van der Waals surface area contributed by atoms with E-state index in [-0.39, 0.29) is 18.3 Å². The number of nitrogens with zero attached hydrogens (tertiary/aromatic N) is 3. The molecule has 1 aromatic heterocycles.